The van der Waals surface area contributed by atoms with Gasteiger partial charge in [-0.2, -0.15) is 0 Å². The first kappa shape index (κ1) is 23.9. The molecule has 178 valence electrons. The summed E-state index contributed by atoms with van der Waals surface area (Å²) in [6.07, 6.45) is 3.70. The van der Waals surface area contributed by atoms with Crippen molar-refractivity contribution in [3.63, 3.8) is 0 Å². The zero-order valence-electron chi connectivity index (χ0n) is 18.3. The fraction of sp³-hybridized carbons (Fsp3) is 0.727. The fourth-order valence-electron chi connectivity index (χ4n) is 7.39. The van der Waals surface area contributed by atoms with Gasteiger partial charge in [-0.3, -0.25) is 14.1 Å². The minimum Gasteiger partial charge on any atom is -0.390 e. The number of aliphatic hydroxyl groups is 2. The number of ketones is 2. The van der Waals surface area contributed by atoms with E-state index in [1.807, 2.05) is 0 Å². The molecular formula is C22H30FO8P. The van der Waals surface area contributed by atoms with Gasteiger partial charge in [-0.25, -0.2) is 8.96 Å². The third kappa shape index (κ3) is 2.95. The fourth-order valence-corrected chi connectivity index (χ4v) is 7.68. The summed E-state index contributed by atoms with van der Waals surface area (Å²) in [5.74, 6) is -2.87. The van der Waals surface area contributed by atoms with Crippen LogP contribution in [0, 0.1) is 28.6 Å². The van der Waals surface area contributed by atoms with Crippen molar-refractivity contribution in [3.8, 4) is 0 Å². The van der Waals surface area contributed by atoms with Crippen LogP contribution in [-0.4, -0.2) is 55.5 Å². The predicted octanol–water partition coefficient (Wildman–Crippen LogP) is 2.01. The van der Waals surface area contributed by atoms with Gasteiger partial charge in [0.1, 0.15) is 12.2 Å². The molecule has 3 saturated carbocycles. The van der Waals surface area contributed by atoms with E-state index in [9.17, 15) is 24.4 Å². The van der Waals surface area contributed by atoms with Crippen molar-refractivity contribution in [2.75, 3.05) is 6.61 Å². The van der Waals surface area contributed by atoms with Crippen LogP contribution in [0.1, 0.15) is 46.5 Å². The highest BCUT2D eigenvalue weighted by Crippen LogP contribution is 2.70. The molecule has 0 saturated heterocycles. The lowest BCUT2D eigenvalue weighted by atomic mass is 9.44. The number of rotatable bonds is 4. The molecule has 0 amide bonds. The number of carbonyl (C=O) groups is 2. The average molecular weight is 472 g/mol. The van der Waals surface area contributed by atoms with Crippen LogP contribution in [0.5, 0.6) is 0 Å². The molecule has 8 atom stereocenters. The van der Waals surface area contributed by atoms with E-state index in [2.05, 4.69) is 4.52 Å². The topological polar surface area (TPSA) is 141 Å². The zero-order valence-corrected chi connectivity index (χ0v) is 19.2. The Bertz CT molecular complexity index is 973. The summed E-state index contributed by atoms with van der Waals surface area (Å²) in [5, 5.41) is 22.8. The van der Waals surface area contributed by atoms with Crippen molar-refractivity contribution in [2.45, 2.75) is 63.8 Å². The number of aliphatic hydroxyl groups excluding tert-OH is 1. The van der Waals surface area contributed by atoms with E-state index in [1.54, 1.807) is 20.8 Å². The average Bonchev–Trinajstić information content (AvgIpc) is 2.89. The van der Waals surface area contributed by atoms with Crippen molar-refractivity contribution < 1.29 is 43.1 Å². The van der Waals surface area contributed by atoms with Gasteiger partial charge in [-0.05, 0) is 56.6 Å². The van der Waals surface area contributed by atoms with E-state index in [-0.39, 0.29) is 12.2 Å². The third-order valence-electron chi connectivity index (χ3n) is 9.01. The lowest BCUT2D eigenvalue weighted by Crippen LogP contribution is -2.69. The quantitative estimate of drug-likeness (QED) is 0.456. The van der Waals surface area contributed by atoms with Crippen LogP contribution in [0.25, 0.3) is 0 Å². The number of phosphoric acid groups is 1. The SMILES string of the molecule is C[C@H]1C[C@H]2[C@@H]3CCC4=CC(=O)C=C[C@]4(C)[C@@]3(F)[C@H](O)C[C@]2(C)[C@]1(O)C(=O)COP(=O)(O)O. The van der Waals surface area contributed by atoms with Crippen LogP contribution in [0.3, 0.4) is 0 Å². The molecule has 0 aromatic rings. The van der Waals surface area contributed by atoms with E-state index < -0.39 is 66.2 Å². The minimum absolute atomic E-state index is 0.211. The smallest absolute Gasteiger partial charge is 0.390 e. The van der Waals surface area contributed by atoms with Crippen molar-refractivity contribution in [1.82, 2.24) is 0 Å². The Labute approximate surface area is 185 Å². The first-order chi connectivity index (χ1) is 14.6. The van der Waals surface area contributed by atoms with Gasteiger partial charge in [0.05, 0.1) is 6.10 Å². The van der Waals surface area contributed by atoms with Crippen LogP contribution in [0.2, 0.25) is 0 Å². The molecular weight excluding hydrogens is 442 g/mol. The van der Waals surface area contributed by atoms with Gasteiger partial charge < -0.3 is 20.0 Å². The van der Waals surface area contributed by atoms with E-state index >= 15 is 4.39 Å². The number of alkyl halides is 1. The van der Waals surface area contributed by atoms with Crippen LogP contribution in [0.4, 0.5) is 4.39 Å². The molecule has 0 radical (unpaired) electrons. The summed E-state index contributed by atoms with van der Waals surface area (Å²) >= 11 is 0. The molecule has 0 unspecified atom stereocenters. The van der Waals surface area contributed by atoms with Gasteiger partial charge in [-0.15, -0.1) is 0 Å². The standard InChI is InChI=1S/C22H30FO8P/c1-12-8-16-15-5-4-13-9-14(24)6-7-19(13,2)21(15,23)17(25)10-20(16,3)22(12,27)18(26)11-31-32(28,29)30/h6-7,9,12,15-17,25,27H,4-5,8,10-11H2,1-3H3,(H2,28,29,30)/t12-,15-,16-,17+,19-,20-,21-,22+/m0/s1. The number of fused-ring (bicyclic) bond motifs is 5. The van der Waals surface area contributed by atoms with Crippen LogP contribution >= 0.6 is 7.82 Å². The van der Waals surface area contributed by atoms with Gasteiger partial charge >= 0.3 is 7.82 Å². The molecule has 4 aliphatic carbocycles. The van der Waals surface area contributed by atoms with Crippen molar-refractivity contribution in [1.29, 1.82) is 0 Å². The first-order valence-corrected chi connectivity index (χ1v) is 12.4. The summed E-state index contributed by atoms with van der Waals surface area (Å²) in [5.41, 5.74) is -5.88. The van der Waals surface area contributed by atoms with E-state index in [1.165, 1.54) is 18.2 Å². The molecule has 0 heterocycles. The number of allylic oxidation sites excluding steroid dienone is 4. The lowest BCUT2D eigenvalue weighted by molar-refractivity contribution is -0.219. The molecule has 0 aliphatic heterocycles. The molecule has 0 bridgehead atoms. The van der Waals surface area contributed by atoms with Gasteiger partial charge in [0.2, 0.25) is 0 Å². The summed E-state index contributed by atoms with van der Waals surface area (Å²) in [6.45, 7) is 4.00. The Morgan fingerprint density at radius 3 is 2.59 bits per heavy atom. The molecule has 0 aromatic heterocycles. The Morgan fingerprint density at radius 2 is 1.97 bits per heavy atom. The zero-order chi connectivity index (χ0) is 23.9. The van der Waals surface area contributed by atoms with Crippen molar-refractivity contribution in [3.05, 3.63) is 23.8 Å². The molecule has 4 N–H and O–H groups in total. The third-order valence-corrected chi connectivity index (χ3v) is 9.48. The highest BCUT2D eigenvalue weighted by atomic mass is 31.2. The number of carbonyl (C=O) groups excluding carboxylic acids is 2. The monoisotopic (exact) mass is 472 g/mol. The maximum Gasteiger partial charge on any atom is 0.470 e. The Hall–Kier alpha value is -1.22. The normalized spacial score (nSPS) is 48.0. The first-order valence-electron chi connectivity index (χ1n) is 10.9. The molecule has 8 nitrogen and oxygen atoms in total. The second-order valence-corrected chi connectivity index (χ2v) is 11.6. The summed E-state index contributed by atoms with van der Waals surface area (Å²) < 4.78 is 32.5. The van der Waals surface area contributed by atoms with Crippen molar-refractivity contribution in [2.24, 2.45) is 28.6 Å². The number of hydrogen-bond acceptors (Lipinski definition) is 6. The molecule has 10 heteroatoms. The van der Waals surface area contributed by atoms with E-state index in [0.29, 0.717) is 24.8 Å². The highest BCUT2D eigenvalue weighted by Gasteiger charge is 2.75. The second-order valence-electron chi connectivity index (χ2n) is 10.4. The van der Waals surface area contributed by atoms with Crippen LogP contribution in [-0.2, 0) is 18.7 Å². The van der Waals surface area contributed by atoms with Gasteiger partial charge in [-0.1, -0.05) is 25.5 Å². The highest BCUT2D eigenvalue weighted by molar-refractivity contribution is 7.46. The molecule has 0 spiro atoms. The minimum atomic E-state index is -4.93. The maximum atomic E-state index is 17.0. The Balaban J connectivity index is 1.74. The van der Waals surface area contributed by atoms with Gasteiger partial charge in [0, 0.05) is 16.7 Å². The summed E-state index contributed by atoms with van der Waals surface area (Å²) in [7, 11) is -4.93. The van der Waals surface area contributed by atoms with E-state index in [0.717, 1.165) is 0 Å². The summed E-state index contributed by atoms with van der Waals surface area (Å²) in [6, 6.07) is 0. The Kier molecular flexibility index (Phi) is 5.34. The lowest BCUT2D eigenvalue weighted by Gasteiger charge is -2.62. The van der Waals surface area contributed by atoms with E-state index in [4.69, 9.17) is 9.79 Å². The van der Waals surface area contributed by atoms with Crippen LogP contribution in [0.15, 0.2) is 23.8 Å². The molecule has 3 fully saturated rings. The summed E-state index contributed by atoms with van der Waals surface area (Å²) in [4.78, 5) is 42.8. The molecule has 4 rings (SSSR count). The molecule has 0 aromatic carbocycles. The largest absolute Gasteiger partial charge is 0.470 e. The van der Waals surface area contributed by atoms with Crippen LogP contribution < -0.4 is 0 Å². The number of phosphoric ester groups is 1. The van der Waals surface area contributed by atoms with Gasteiger partial charge in [0.15, 0.2) is 17.2 Å². The molecule has 4 aliphatic rings. The predicted molar refractivity (Wildman–Crippen MR) is 111 cm³/mol. The maximum absolute atomic E-state index is 17.0. The number of hydrogen-bond donors (Lipinski definition) is 4. The van der Waals surface area contributed by atoms with Crippen molar-refractivity contribution >= 4 is 19.4 Å². The number of halogens is 1. The van der Waals surface area contributed by atoms with Gasteiger partial charge in [0.25, 0.3) is 0 Å². The molecule has 32 heavy (non-hydrogen) atoms. The second kappa shape index (κ2) is 7.14. The number of Topliss-reactive ketones (excluding diaryl/α,β-unsaturated/α-hetero) is 1. The Morgan fingerprint density at radius 1 is 1.31 bits per heavy atom.